The second-order valence-corrected chi connectivity index (χ2v) is 11.2. The molecule has 6 heteroatoms. The fraction of sp³-hybridized carbons (Fsp3) is 0.500. The fourth-order valence-corrected chi connectivity index (χ4v) is 2.36. The van der Waals surface area contributed by atoms with Gasteiger partial charge in [-0.15, -0.1) is 0 Å². The highest BCUT2D eigenvalue weighted by Crippen LogP contribution is 2.17. The van der Waals surface area contributed by atoms with E-state index >= 15 is 0 Å². The summed E-state index contributed by atoms with van der Waals surface area (Å²) in [5.41, 5.74) is 2.05. The summed E-state index contributed by atoms with van der Waals surface area (Å²) in [7, 11) is -1.02. The molecule has 0 spiro atoms. The molecule has 1 N–H and O–H groups in total. The Kier molecular flexibility index (Phi) is 3.98. The molecule has 2 rings (SSSR count). The molecule has 98 valence electrons. The number of nitrogens with one attached hydrogen (secondary N) is 1. The molecule has 2 heterocycles. The Morgan fingerprint density at radius 2 is 2.22 bits per heavy atom. The number of hydrogen-bond donors (Lipinski definition) is 1. The average Bonchev–Trinajstić information content (AvgIpc) is 2.93. The SMILES string of the molecule is C[Si](C)(C)CCOCn1nccc1-c1cn[nH]c1. The summed E-state index contributed by atoms with van der Waals surface area (Å²) in [6.45, 7) is 8.35. The third-order valence-corrected chi connectivity index (χ3v) is 4.42. The van der Waals surface area contributed by atoms with Crippen molar-refractivity contribution in [2.24, 2.45) is 0 Å². The van der Waals surface area contributed by atoms with Crippen LogP contribution < -0.4 is 0 Å². The maximum atomic E-state index is 5.70. The van der Waals surface area contributed by atoms with Crippen molar-refractivity contribution < 1.29 is 4.74 Å². The first-order valence-electron chi connectivity index (χ1n) is 6.15. The highest BCUT2D eigenvalue weighted by atomic mass is 28.3. The van der Waals surface area contributed by atoms with Crippen LogP contribution in [-0.2, 0) is 11.5 Å². The average molecular weight is 264 g/mol. The summed E-state index contributed by atoms with van der Waals surface area (Å²) in [6, 6.07) is 3.14. The second kappa shape index (κ2) is 5.49. The minimum atomic E-state index is -1.02. The zero-order valence-electron chi connectivity index (χ0n) is 11.2. The molecule has 0 aromatic carbocycles. The number of hydrogen-bond acceptors (Lipinski definition) is 3. The van der Waals surface area contributed by atoms with Gasteiger partial charge >= 0.3 is 0 Å². The van der Waals surface area contributed by atoms with Crippen molar-refractivity contribution in [2.45, 2.75) is 32.4 Å². The molecule has 0 amide bonds. The lowest BCUT2D eigenvalue weighted by molar-refractivity contribution is 0.0798. The molecule has 5 nitrogen and oxygen atoms in total. The van der Waals surface area contributed by atoms with Crippen LogP contribution in [-0.4, -0.2) is 34.7 Å². The van der Waals surface area contributed by atoms with Gasteiger partial charge in [0.1, 0.15) is 6.73 Å². The van der Waals surface area contributed by atoms with Crippen molar-refractivity contribution in [1.29, 1.82) is 0 Å². The largest absolute Gasteiger partial charge is 0.360 e. The lowest BCUT2D eigenvalue weighted by atomic mass is 10.2. The van der Waals surface area contributed by atoms with Crippen LogP contribution in [0.25, 0.3) is 11.3 Å². The Labute approximate surface area is 108 Å². The van der Waals surface area contributed by atoms with Crippen LogP contribution in [0.15, 0.2) is 24.7 Å². The summed E-state index contributed by atoms with van der Waals surface area (Å²) in [5, 5.41) is 11.0. The molecule has 0 aliphatic carbocycles. The first kappa shape index (κ1) is 13.0. The summed E-state index contributed by atoms with van der Waals surface area (Å²) < 4.78 is 7.55. The van der Waals surface area contributed by atoms with E-state index in [9.17, 15) is 0 Å². The van der Waals surface area contributed by atoms with Gasteiger partial charge in [-0.25, -0.2) is 4.68 Å². The highest BCUT2D eigenvalue weighted by molar-refractivity contribution is 6.76. The number of ether oxygens (including phenoxy) is 1. The van der Waals surface area contributed by atoms with Gasteiger partial charge in [-0.2, -0.15) is 10.2 Å². The molecule has 0 bridgehead atoms. The Morgan fingerprint density at radius 3 is 2.89 bits per heavy atom. The molecule has 0 fully saturated rings. The monoisotopic (exact) mass is 264 g/mol. The molecule has 0 unspecified atom stereocenters. The minimum Gasteiger partial charge on any atom is -0.360 e. The molecule has 0 aliphatic heterocycles. The first-order valence-corrected chi connectivity index (χ1v) is 9.86. The minimum absolute atomic E-state index is 0.498. The van der Waals surface area contributed by atoms with Gasteiger partial charge < -0.3 is 4.74 Å². The highest BCUT2D eigenvalue weighted by Gasteiger charge is 2.12. The molecule has 0 radical (unpaired) electrons. The normalized spacial score (nSPS) is 11.9. The predicted molar refractivity (Wildman–Crippen MR) is 73.9 cm³/mol. The molecule has 18 heavy (non-hydrogen) atoms. The number of aromatic nitrogens is 4. The van der Waals surface area contributed by atoms with Crippen LogP contribution in [0.3, 0.4) is 0 Å². The maximum Gasteiger partial charge on any atom is 0.139 e. The molecule has 0 aliphatic rings. The van der Waals surface area contributed by atoms with Crippen LogP contribution >= 0.6 is 0 Å². The van der Waals surface area contributed by atoms with Crippen molar-refractivity contribution in [3.8, 4) is 11.3 Å². The Hall–Kier alpha value is -1.40. The number of rotatable bonds is 6. The second-order valence-electron chi connectivity index (χ2n) is 5.55. The third-order valence-electron chi connectivity index (χ3n) is 2.72. The zero-order chi connectivity index (χ0) is 13.0. The van der Waals surface area contributed by atoms with Crippen molar-refractivity contribution in [1.82, 2.24) is 20.0 Å². The molecule has 2 aromatic heterocycles. The smallest absolute Gasteiger partial charge is 0.139 e. The van der Waals surface area contributed by atoms with E-state index in [-0.39, 0.29) is 0 Å². The fourth-order valence-electron chi connectivity index (χ4n) is 1.60. The quantitative estimate of drug-likeness (QED) is 0.644. The van der Waals surface area contributed by atoms with E-state index in [2.05, 4.69) is 34.9 Å². The van der Waals surface area contributed by atoms with E-state index in [0.717, 1.165) is 17.9 Å². The molecule has 0 saturated carbocycles. The Bertz CT molecular complexity index is 472. The summed E-state index contributed by atoms with van der Waals surface area (Å²) in [4.78, 5) is 0. The van der Waals surface area contributed by atoms with E-state index in [1.807, 2.05) is 16.9 Å². The van der Waals surface area contributed by atoms with E-state index < -0.39 is 8.07 Å². The van der Waals surface area contributed by atoms with Crippen molar-refractivity contribution in [3.05, 3.63) is 24.7 Å². The number of nitrogens with zero attached hydrogens (tertiary/aromatic N) is 3. The maximum absolute atomic E-state index is 5.70. The van der Waals surface area contributed by atoms with E-state index in [0.29, 0.717) is 6.73 Å². The zero-order valence-corrected chi connectivity index (χ0v) is 12.2. The third kappa shape index (κ3) is 3.54. The number of H-pyrrole nitrogens is 1. The van der Waals surface area contributed by atoms with Gasteiger partial charge in [0.2, 0.25) is 0 Å². The lowest BCUT2D eigenvalue weighted by Crippen LogP contribution is -2.22. The van der Waals surface area contributed by atoms with Gasteiger partial charge in [-0.3, -0.25) is 5.10 Å². The van der Waals surface area contributed by atoms with Gasteiger partial charge in [0.05, 0.1) is 11.9 Å². The molecule has 0 atom stereocenters. The van der Waals surface area contributed by atoms with Crippen molar-refractivity contribution >= 4 is 8.07 Å². The number of aromatic amines is 1. The van der Waals surface area contributed by atoms with Gasteiger partial charge in [0.25, 0.3) is 0 Å². The molecule has 0 saturated heterocycles. The predicted octanol–water partition coefficient (Wildman–Crippen LogP) is 2.59. The topological polar surface area (TPSA) is 55.7 Å². The first-order chi connectivity index (χ1) is 8.56. The van der Waals surface area contributed by atoms with Crippen LogP contribution in [0.2, 0.25) is 25.7 Å². The summed E-state index contributed by atoms with van der Waals surface area (Å²) in [5.74, 6) is 0. The van der Waals surface area contributed by atoms with Gasteiger partial charge in [-0.05, 0) is 12.1 Å². The molecule has 2 aromatic rings. The Balaban J connectivity index is 1.89. The van der Waals surface area contributed by atoms with Crippen LogP contribution in [0.4, 0.5) is 0 Å². The van der Waals surface area contributed by atoms with E-state index in [1.165, 1.54) is 6.04 Å². The van der Waals surface area contributed by atoms with Crippen LogP contribution in [0.5, 0.6) is 0 Å². The van der Waals surface area contributed by atoms with Crippen LogP contribution in [0.1, 0.15) is 0 Å². The summed E-state index contributed by atoms with van der Waals surface area (Å²) in [6.07, 6.45) is 5.43. The molecular formula is C12H20N4OSi. The van der Waals surface area contributed by atoms with E-state index in [1.54, 1.807) is 12.4 Å². The molecular weight excluding hydrogens is 244 g/mol. The van der Waals surface area contributed by atoms with E-state index in [4.69, 9.17) is 4.74 Å². The standard InChI is InChI=1S/C12H20N4OSi/c1-18(2,3)7-6-17-10-16-12(4-5-15-16)11-8-13-14-9-11/h4-5,8-9H,6-7,10H2,1-3H3,(H,13,14). The van der Waals surface area contributed by atoms with Gasteiger partial charge in [0, 0.05) is 32.6 Å². The van der Waals surface area contributed by atoms with Crippen molar-refractivity contribution in [2.75, 3.05) is 6.61 Å². The van der Waals surface area contributed by atoms with Crippen molar-refractivity contribution in [3.63, 3.8) is 0 Å². The van der Waals surface area contributed by atoms with Gasteiger partial charge in [0.15, 0.2) is 0 Å². The van der Waals surface area contributed by atoms with Crippen LogP contribution in [0, 0.1) is 0 Å². The van der Waals surface area contributed by atoms with Gasteiger partial charge in [-0.1, -0.05) is 19.6 Å². The summed E-state index contributed by atoms with van der Waals surface area (Å²) >= 11 is 0. The Morgan fingerprint density at radius 1 is 1.39 bits per heavy atom. The lowest BCUT2D eigenvalue weighted by Gasteiger charge is -2.15.